The lowest BCUT2D eigenvalue weighted by molar-refractivity contribution is 0.0697. The summed E-state index contributed by atoms with van der Waals surface area (Å²) in [5, 5.41) is 11.1. The molecule has 21 heavy (non-hydrogen) atoms. The Bertz CT molecular complexity index is 717. The van der Waals surface area contributed by atoms with E-state index in [4.69, 9.17) is 5.11 Å². The molecule has 0 atom stereocenters. The first-order valence-electron chi connectivity index (χ1n) is 5.68. The summed E-state index contributed by atoms with van der Waals surface area (Å²) >= 11 is 0. The summed E-state index contributed by atoms with van der Waals surface area (Å²) in [6.45, 7) is 1.46. The molecule has 2 aromatic rings. The smallest absolute Gasteiger partial charge is 0.339 e. The lowest BCUT2D eigenvalue weighted by atomic mass is 10.1. The maximum Gasteiger partial charge on any atom is 0.339 e. The average molecular weight is 298 g/mol. The molecule has 0 aliphatic heterocycles. The minimum absolute atomic E-state index is 0.145. The Labute approximate surface area is 116 Å². The molecule has 0 bridgehead atoms. The third kappa shape index (κ3) is 2.73. The van der Waals surface area contributed by atoms with Crippen molar-refractivity contribution in [3.05, 3.63) is 52.6 Å². The molecule has 0 saturated carbocycles. The molecule has 8 heteroatoms. The number of aromatic nitrogens is 1. The predicted octanol–water partition coefficient (Wildman–Crippen LogP) is 2.69. The Morgan fingerprint density at radius 2 is 1.71 bits per heavy atom. The number of hydrogen-bond donors (Lipinski definition) is 3. The highest BCUT2D eigenvalue weighted by molar-refractivity contribution is 6.08. The van der Waals surface area contributed by atoms with Gasteiger partial charge in [-0.2, -0.15) is 0 Å². The Morgan fingerprint density at radius 3 is 2.24 bits per heavy atom. The summed E-state index contributed by atoms with van der Waals surface area (Å²) in [6.07, 6.45) is 1.18. The quantitative estimate of drug-likeness (QED) is 0.814. The molecule has 0 fully saturated rings. The second-order valence-corrected chi connectivity index (χ2v) is 4.21. The molecule has 0 aliphatic rings. The summed E-state index contributed by atoms with van der Waals surface area (Å²) in [5.74, 6) is -6.45. The van der Waals surface area contributed by atoms with E-state index in [1.165, 1.54) is 13.1 Å². The highest BCUT2D eigenvalue weighted by Crippen LogP contribution is 2.22. The molecular weight excluding hydrogens is 289 g/mol. The monoisotopic (exact) mass is 298 g/mol. The molecule has 0 aliphatic carbocycles. The van der Waals surface area contributed by atoms with Gasteiger partial charge in [-0.25, -0.2) is 18.0 Å². The number of amides is 1. The molecule has 1 heterocycles. The number of halogens is 3. The van der Waals surface area contributed by atoms with Crippen molar-refractivity contribution in [2.45, 2.75) is 6.92 Å². The van der Waals surface area contributed by atoms with Crippen LogP contribution < -0.4 is 5.32 Å². The SMILES string of the molecule is Cc1[nH]cc(NC(=O)c2c(F)cc(F)cc2F)c1C(=O)O. The first-order valence-corrected chi connectivity index (χ1v) is 5.68. The standard InChI is InChI=1S/C13H9F3N2O3/c1-5-10(13(20)21)9(4-17-5)18-12(19)11-7(15)2-6(14)3-8(11)16/h2-4,17H,1H3,(H,18,19)(H,20,21). The lowest BCUT2D eigenvalue weighted by Gasteiger charge is -2.07. The minimum atomic E-state index is -1.38. The molecule has 0 spiro atoms. The van der Waals surface area contributed by atoms with Crippen LogP contribution in [0.25, 0.3) is 0 Å². The maximum absolute atomic E-state index is 13.5. The van der Waals surface area contributed by atoms with E-state index in [9.17, 15) is 22.8 Å². The van der Waals surface area contributed by atoms with Crippen LogP contribution in [0, 0.1) is 24.4 Å². The van der Waals surface area contributed by atoms with Gasteiger partial charge in [0.15, 0.2) is 0 Å². The van der Waals surface area contributed by atoms with Gasteiger partial charge in [-0.1, -0.05) is 0 Å². The van der Waals surface area contributed by atoms with E-state index in [1.807, 2.05) is 0 Å². The fraction of sp³-hybridized carbons (Fsp3) is 0.0769. The Kier molecular flexibility index (Phi) is 3.70. The predicted molar refractivity (Wildman–Crippen MR) is 66.8 cm³/mol. The number of nitrogens with one attached hydrogen (secondary N) is 2. The minimum Gasteiger partial charge on any atom is -0.478 e. The summed E-state index contributed by atoms with van der Waals surface area (Å²) < 4.78 is 39.7. The first kappa shape index (κ1) is 14.6. The van der Waals surface area contributed by atoms with Crippen LogP contribution >= 0.6 is 0 Å². The Morgan fingerprint density at radius 1 is 1.14 bits per heavy atom. The molecule has 1 aromatic heterocycles. The second-order valence-electron chi connectivity index (χ2n) is 4.21. The number of carboxylic acids is 1. The topological polar surface area (TPSA) is 82.2 Å². The van der Waals surface area contributed by atoms with E-state index in [0.29, 0.717) is 12.1 Å². The van der Waals surface area contributed by atoms with Gasteiger partial charge >= 0.3 is 5.97 Å². The van der Waals surface area contributed by atoms with Crippen LogP contribution in [0.2, 0.25) is 0 Å². The lowest BCUT2D eigenvalue weighted by Crippen LogP contribution is -2.17. The maximum atomic E-state index is 13.5. The fourth-order valence-corrected chi connectivity index (χ4v) is 1.84. The molecule has 1 aromatic carbocycles. The largest absolute Gasteiger partial charge is 0.478 e. The van der Waals surface area contributed by atoms with Crippen LogP contribution in [0.4, 0.5) is 18.9 Å². The zero-order valence-electron chi connectivity index (χ0n) is 10.6. The first-order chi connectivity index (χ1) is 9.81. The van der Waals surface area contributed by atoms with Crippen molar-refractivity contribution in [3.63, 3.8) is 0 Å². The van der Waals surface area contributed by atoms with Crippen molar-refractivity contribution in [2.75, 3.05) is 5.32 Å². The van der Waals surface area contributed by atoms with Crippen LogP contribution in [0.5, 0.6) is 0 Å². The van der Waals surface area contributed by atoms with Gasteiger partial charge in [0.25, 0.3) is 5.91 Å². The second kappa shape index (κ2) is 5.31. The molecule has 2 rings (SSSR count). The van der Waals surface area contributed by atoms with Gasteiger partial charge < -0.3 is 15.4 Å². The molecule has 110 valence electrons. The summed E-state index contributed by atoms with van der Waals surface area (Å²) in [6, 6.07) is 0.719. The van der Waals surface area contributed by atoms with Gasteiger partial charge in [-0.05, 0) is 6.92 Å². The summed E-state index contributed by atoms with van der Waals surface area (Å²) in [7, 11) is 0. The molecule has 3 N–H and O–H groups in total. The fourth-order valence-electron chi connectivity index (χ4n) is 1.84. The number of carbonyl (C=O) groups excluding carboxylic acids is 1. The van der Waals surface area contributed by atoms with Crippen molar-refractivity contribution in [2.24, 2.45) is 0 Å². The van der Waals surface area contributed by atoms with Crippen molar-refractivity contribution in [3.8, 4) is 0 Å². The molecule has 0 saturated heterocycles. The van der Waals surface area contributed by atoms with Gasteiger partial charge in [0.1, 0.15) is 28.6 Å². The van der Waals surface area contributed by atoms with E-state index >= 15 is 0 Å². The average Bonchev–Trinajstić information content (AvgIpc) is 2.68. The number of carbonyl (C=O) groups is 2. The van der Waals surface area contributed by atoms with E-state index in [1.54, 1.807) is 0 Å². The number of benzene rings is 1. The van der Waals surface area contributed by atoms with Crippen LogP contribution in [0.15, 0.2) is 18.3 Å². The zero-order chi connectivity index (χ0) is 15.7. The molecule has 5 nitrogen and oxygen atoms in total. The Hall–Kier alpha value is -2.77. The third-order valence-corrected chi connectivity index (χ3v) is 2.77. The van der Waals surface area contributed by atoms with Gasteiger partial charge in [0, 0.05) is 24.0 Å². The number of rotatable bonds is 3. The summed E-state index contributed by atoms with van der Waals surface area (Å²) in [5.41, 5.74) is -1.11. The summed E-state index contributed by atoms with van der Waals surface area (Å²) in [4.78, 5) is 25.4. The van der Waals surface area contributed by atoms with Crippen molar-refractivity contribution in [1.29, 1.82) is 0 Å². The number of H-pyrrole nitrogens is 1. The Balaban J connectivity index is 2.38. The van der Waals surface area contributed by atoms with Crippen LogP contribution in [0.1, 0.15) is 26.4 Å². The highest BCUT2D eigenvalue weighted by Gasteiger charge is 2.22. The molecule has 1 amide bonds. The normalized spacial score (nSPS) is 10.5. The molecule has 0 radical (unpaired) electrons. The van der Waals surface area contributed by atoms with Crippen LogP contribution in [-0.4, -0.2) is 22.0 Å². The number of hydrogen-bond acceptors (Lipinski definition) is 2. The van der Waals surface area contributed by atoms with Crippen molar-refractivity contribution >= 4 is 17.6 Å². The van der Waals surface area contributed by atoms with Gasteiger partial charge in [0.2, 0.25) is 0 Å². The third-order valence-electron chi connectivity index (χ3n) is 2.77. The van der Waals surface area contributed by atoms with Gasteiger partial charge in [-0.3, -0.25) is 4.79 Å². The van der Waals surface area contributed by atoms with E-state index in [-0.39, 0.29) is 16.9 Å². The van der Waals surface area contributed by atoms with Crippen molar-refractivity contribution in [1.82, 2.24) is 4.98 Å². The zero-order valence-corrected chi connectivity index (χ0v) is 10.6. The van der Waals surface area contributed by atoms with Crippen molar-refractivity contribution < 1.29 is 27.9 Å². The molecular formula is C13H9F3N2O3. The molecule has 0 unspecified atom stereocenters. The van der Waals surface area contributed by atoms with Crippen LogP contribution in [-0.2, 0) is 0 Å². The van der Waals surface area contributed by atoms with Gasteiger partial charge in [-0.15, -0.1) is 0 Å². The van der Waals surface area contributed by atoms with E-state index < -0.39 is 34.9 Å². The highest BCUT2D eigenvalue weighted by atomic mass is 19.1. The van der Waals surface area contributed by atoms with E-state index in [0.717, 1.165) is 0 Å². The number of aromatic amines is 1. The van der Waals surface area contributed by atoms with Crippen LogP contribution in [0.3, 0.4) is 0 Å². The number of aryl methyl sites for hydroxylation is 1. The number of anilines is 1. The van der Waals surface area contributed by atoms with E-state index in [2.05, 4.69) is 10.3 Å². The van der Waals surface area contributed by atoms with Gasteiger partial charge in [0.05, 0.1) is 5.69 Å². The number of aromatic carboxylic acids is 1. The number of carboxylic acid groups (broad SMARTS) is 1.